The van der Waals surface area contributed by atoms with Gasteiger partial charge in [-0.1, -0.05) is 30.1 Å². The predicted octanol–water partition coefficient (Wildman–Crippen LogP) is 3.37. The minimum Gasteiger partial charge on any atom is -0.406 e. The van der Waals surface area contributed by atoms with Crippen molar-refractivity contribution in [1.29, 1.82) is 0 Å². The summed E-state index contributed by atoms with van der Waals surface area (Å²) in [6.45, 7) is 0. The van der Waals surface area contributed by atoms with Crippen molar-refractivity contribution in [3.05, 3.63) is 41.5 Å². The number of sulfone groups is 1. The molecule has 1 fully saturated rings. The number of benzene rings is 1. The van der Waals surface area contributed by atoms with E-state index in [2.05, 4.69) is 14.9 Å². The molecule has 2 aromatic rings. The molecule has 142 valence electrons. The van der Waals surface area contributed by atoms with Crippen molar-refractivity contribution < 1.29 is 30.8 Å². The Kier molecular flexibility index (Phi) is 4.72. The number of halogens is 3. The molecule has 1 aliphatic rings. The van der Waals surface area contributed by atoms with Gasteiger partial charge in [0, 0.05) is 6.26 Å². The lowest BCUT2D eigenvalue weighted by Gasteiger charge is -2.22. The minimum absolute atomic E-state index is 0.0713. The van der Waals surface area contributed by atoms with Gasteiger partial charge in [-0.05, 0) is 30.5 Å². The molecule has 1 aromatic carbocycles. The summed E-state index contributed by atoms with van der Waals surface area (Å²) in [6.07, 6.45) is -1.17. The summed E-state index contributed by atoms with van der Waals surface area (Å²) >= 11 is 0. The van der Waals surface area contributed by atoms with E-state index < -0.39 is 20.9 Å². The number of rotatable bonds is 5. The summed E-state index contributed by atoms with van der Waals surface area (Å²) in [6, 6.07) is 5.42. The third kappa shape index (κ3) is 3.84. The van der Waals surface area contributed by atoms with Crippen molar-refractivity contribution in [3.63, 3.8) is 0 Å². The Balaban J connectivity index is 1.82. The van der Waals surface area contributed by atoms with Crippen molar-refractivity contribution in [2.45, 2.75) is 43.2 Å². The molecule has 1 heterocycles. The highest BCUT2D eigenvalue weighted by molar-refractivity contribution is 7.91. The highest BCUT2D eigenvalue weighted by Gasteiger charge is 2.48. The summed E-state index contributed by atoms with van der Waals surface area (Å²) in [7, 11) is -3.43. The second kappa shape index (κ2) is 6.57. The molecule has 0 saturated heterocycles. The lowest BCUT2D eigenvalue weighted by atomic mass is 10.1. The molecule has 3 rings (SSSR count). The standard InChI is InChI=1S/C16H17F3N2O4S/c1-26(22,23)15(7-2-3-8-15)14-20-13(25-21-14)10-11-5-4-6-12(9-11)24-16(17,18)19/h4-6,9H,2-3,7-8,10H2,1H3. The summed E-state index contributed by atoms with van der Waals surface area (Å²) in [5.41, 5.74) is 0.474. The molecule has 6 nitrogen and oxygen atoms in total. The normalized spacial score (nSPS) is 17.4. The van der Waals surface area contributed by atoms with Crippen molar-refractivity contribution in [1.82, 2.24) is 10.1 Å². The van der Waals surface area contributed by atoms with E-state index >= 15 is 0 Å². The zero-order chi connectivity index (χ0) is 19.0. The molecule has 0 N–H and O–H groups in total. The minimum atomic E-state index is -4.78. The van der Waals surface area contributed by atoms with Crippen molar-refractivity contribution in [2.75, 3.05) is 6.26 Å². The van der Waals surface area contributed by atoms with Gasteiger partial charge in [-0.3, -0.25) is 0 Å². The first-order chi connectivity index (χ1) is 12.1. The van der Waals surface area contributed by atoms with E-state index in [9.17, 15) is 21.6 Å². The zero-order valence-electron chi connectivity index (χ0n) is 13.9. The predicted molar refractivity (Wildman–Crippen MR) is 85.2 cm³/mol. The van der Waals surface area contributed by atoms with Crippen LogP contribution in [-0.2, 0) is 21.0 Å². The molecule has 0 unspecified atom stereocenters. The Morgan fingerprint density at radius 3 is 2.58 bits per heavy atom. The number of nitrogens with zero attached hydrogens (tertiary/aromatic N) is 2. The van der Waals surface area contributed by atoms with Gasteiger partial charge in [0.2, 0.25) is 5.89 Å². The van der Waals surface area contributed by atoms with Gasteiger partial charge in [-0.15, -0.1) is 13.2 Å². The van der Waals surface area contributed by atoms with Crippen molar-refractivity contribution in [3.8, 4) is 5.75 Å². The highest BCUT2D eigenvalue weighted by atomic mass is 32.2. The van der Waals surface area contributed by atoms with Crippen LogP contribution in [0.4, 0.5) is 13.2 Å². The van der Waals surface area contributed by atoms with Gasteiger partial charge in [-0.25, -0.2) is 8.42 Å². The third-order valence-electron chi connectivity index (χ3n) is 4.48. The molecule has 0 amide bonds. The fraction of sp³-hybridized carbons (Fsp3) is 0.500. The van der Waals surface area contributed by atoms with Gasteiger partial charge in [-0.2, -0.15) is 4.98 Å². The average Bonchev–Trinajstić information content (AvgIpc) is 3.14. The first kappa shape index (κ1) is 18.7. The van der Waals surface area contributed by atoms with Gasteiger partial charge in [0.15, 0.2) is 15.7 Å². The van der Waals surface area contributed by atoms with E-state index in [1.54, 1.807) is 6.07 Å². The molecule has 26 heavy (non-hydrogen) atoms. The van der Waals surface area contributed by atoms with E-state index in [-0.39, 0.29) is 23.9 Å². The maximum Gasteiger partial charge on any atom is 0.573 e. The van der Waals surface area contributed by atoms with Gasteiger partial charge in [0.1, 0.15) is 10.5 Å². The van der Waals surface area contributed by atoms with Gasteiger partial charge in [0.25, 0.3) is 0 Å². The quantitative estimate of drug-likeness (QED) is 0.779. The SMILES string of the molecule is CS(=O)(=O)C1(c2noc(Cc3cccc(OC(F)(F)F)c3)n2)CCCC1. The van der Waals surface area contributed by atoms with Crippen LogP contribution in [0.15, 0.2) is 28.8 Å². The molecule has 1 saturated carbocycles. The number of ether oxygens (including phenoxy) is 1. The van der Waals surface area contributed by atoms with Gasteiger partial charge < -0.3 is 9.26 Å². The van der Waals surface area contributed by atoms with E-state index in [4.69, 9.17) is 4.52 Å². The Morgan fingerprint density at radius 2 is 1.96 bits per heavy atom. The summed E-state index contributed by atoms with van der Waals surface area (Å²) in [5.74, 6) is -0.0904. The Hall–Kier alpha value is -2.10. The first-order valence-electron chi connectivity index (χ1n) is 7.96. The number of aromatic nitrogens is 2. The number of alkyl halides is 3. The molecule has 1 aliphatic carbocycles. The van der Waals surface area contributed by atoms with E-state index in [1.165, 1.54) is 18.2 Å². The van der Waals surface area contributed by atoms with Crippen molar-refractivity contribution in [2.24, 2.45) is 0 Å². The molecule has 0 bridgehead atoms. The molecule has 1 aromatic heterocycles. The Labute approximate surface area is 148 Å². The van der Waals surface area contributed by atoms with E-state index in [0.29, 0.717) is 18.4 Å². The van der Waals surface area contributed by atoms with Crippen LogP contribution in [0, 0.1) is 0 Å². The average molecular weight is 390 g/mol. The number of hydrogen-bond donors (Lipinski definition) is 0. The fourth-order valence-corrected chi connectivity index (χ4v) is 4.69. The van der Waals surface area contributed by atoms with E-state index in [0.717, 1.165) is 19.1 Å². The molecule has 0 aliphatic heterocycles. The van der Waals surface area contributed by atoms with Crippen LogP contribution in [0.2, 0.25) is 0 Å². The highest BCUT2D eigenvalue weighted by Crippen LogP contribution is 2.43. The molecular weight excluding hydrogens is 373 g/mol. The van der Waals surface area contributed by atoms with E-state index in [1.807, 2.05) is 0 Å². The topological polar surface area (TPSA) is 82.3 Å². The van der Waals surface area contributed by atoms with Crippen LogP contribution in [0.25, 0.3) is 0 Å². The first-order valence-corrected chi connectivity index (χ1v) is 9.86. The summed E-state index contributed by atoms with van der Waals surface area (Å²) in [5, 5.41) is 3.84. The van der Waals surface area contributed by atoms with Crippen LogP contribution >= 0.6 is 0 Å². The maximum absolute atomic E-state index is 12.3. The van der Waals surface area contributed by atoms with Gasteiger partial charge in [0.05, 0.1) is 6.42 Å². The monoisotopic (exact) mass is 390 g/mol. The second-order valence-corrected chi connectivity index (χ2v) is 8.68. The summed E-state index contributed by atoms with van der Waals surface area (Å²) in [4.78, 5) is 4.21. The van der Waals surface area contributed by atoms with Crippen LogP contribution in [-0.4, -0.2) is 31.2 Å². The second-order valence-electron chi connectivity index (χ2n) is 6.36. The Morgan fingerprint density at radius 1 is 1.27 bits per heavy atom. The largest absolute Gasteiger partial charge is 0.573 e. The lowest BCUT2D eigenvalue weighted by molar-refractivity contribution is -0.274. The molecular formula is C16H17F3N2O4S. The third-order valence-corrected chi connectivity index (χ3v) is 6.49. The van der Waals surface area contributed by atoms with Crippen LogP contribution in [0.1, 0.15) is 43.0 Å². The van der Waals surface area contributed by atoms with Crippen LogP contribution in [0.3, 0.4) is 0 Å². The van der Waals surface area contributed by atoms with Crippen LogP contribution < -0.4 is 4.74 Å². The number of hydrogen-bond acceptors (Lipinski definition) is 6. The maximum atomic E-state index is 12.3. The molecule has 0 atom stereocenters. The summed E-state index contributed by atoms with van der Waals surface area (Å²) < 4.78 is 69.3. The van der Waals surface area contributed by atoms with Gasteiger partial charge >= 0.3 is 6.36 Å². The fourth-order valence-electron chi connectivity index (χ4n) is 3.25. The smallest absolute Gasteiger partial charge is 0.406 e. The van der Waals surface area contributed by atoms with Crippen molar-refractivity contribution >= 4 is 9.84 Å². The molecule has 0 spiro atoms. The zero-order valence-corrected chi connectivity index (χ0v) is 14.7. The molecule has 0 radical (unpaired) electrons. The molecule has 10 heteroatoms. The Bertz CT molecular complexity index is 887. The van der Waals surface area contributed by atoms with Crippen LogP contribution in [0.5, 0.6) is 5.75 Å². The lowest BCUT2D eigenvalue weighted by Crippen LogP contribution is -2.33.